The van der Waals surface area contributed by atoms with E-state index < -0.39 is 5.97 Å². The van der Waals surface area contributed by atoms with Gasteiger partial charge < -0.3 is 15.9 Å². The molecule has 5 heteroatoms. The molecule has 1 rings (SSSR count). The summed E-state index contributed by atoms with van der Waals surface area (Å²) >= 11 is 0. The average molecular weight is 260 g/mol. The van der Waals surface area contributed by atoms with E-state index in [0.717, 1.165) is 24.8 Å². The van der Waals surface area contributed by atoms with Gasteiger partial charge in [-0.2, -0.15) is 0 Å². The van der Waals surface area contributed by atoms with Crippen molar-refractivity contribution in [1.29, 1.82) is 0 Å². The van der Waals surface area contributed by atoms with Gasteiger partial charge in [-0.25, -0.2) is 4.79 Å². The third kappa shape index (κ3) is 4.24. The Balaban J connectivity index is 0.00000256. The monoisotopic (exact) mass is 259 g/mol. The highest BCUT2D eigenvalue weighted by atomic mass is 35.5. The van der Waals surface area contributed by atoms with Crippen molar-refractivity contribution in [2.45, 2.75) is 32.2 Å². The lowest BCUT2D eigenvalue weighted by atomic mass is 9.99. The number of hydrogen-bond donors (Lipinski definition) is 3. The number of nitrogens with two attached hydrogens (primary N) is 1. The average Bonchev–Trinajstić information content (AvgIpc) is 2.26. The fraction of sp³-hybridized carbons (Fsp3) is 0.417. The van der Waals surface area contributed by atoms with Crippen LogP contribution < -0.4 is 5.73 Å². The summed E-state index contributed by atoms with van der Waals surface area (Å²) in [7, 11) is 0. The van der Waals surface area contributed by atoms with Gasteiger partial charge in [-0.15, -0.1) is 12.4 Å². The summed E-state index contributed by atoms with van der Waals surface area (Å²) in [5.74, 6) is -1.36. The van der Waals surface area contributed by atoms with Crippen molar-refractivity contribution >= 4 is 18.4 Å². The minimum absolute atomic E-state index is 0. The van der Waals surface area contributed by atoms with Crippen LogP contribution in [-0.4, -0.2) is 16.2 Å². The number of benzene rings is 1. The molecule has 0 aromatic heterocycles. The first-order chi connectivity index (χ1) is 7.56. The third-order valence-corrected chi connectivity index (χ3v) is 2.55. The maximum atomic E-state index is 10.8. The molecule has 1 atom stereocenters. The second-order valence-electron chi connectivity index (χ2n) is 3.83. The summed E-state index contributed by atoms with van der Waals surface area (Å²) < 4.78 is 0. The zero-order valence-electron chi connectivity index (χ0n) is 9.72. The van der Waals surface area contributed by atoms with Gasteiger partial charge in [0.2, 0.25) is 0 Å². The molecule has 0 aliphatic carbocycles. The SMILES string of the molecule is CCCC[C@@H](N)c1ccc(O)c(C(=O)O)c1.Cl. The minimum atomic E-state index is -1.14. The molecule has 4 nitrogen and oxygen atoms in total. The van der Waals surface area contributed by atoms with Crippen LogP contribution in [0.25, 0.3) is 0 Å². The number of rotatable bonds is 5. The lowest BCUT2D eigenvalue weighted by Gasteiger charge is -2.12. The molecule has 0 heterocycles. The van der Waals surface area contributed by atoms with Gasteiger partial charge in [0.05, 0.1) is 0 Å². The Morgan fingerprint density at radius 1 is 1.47 bits per heavy atom. The van der Waals surface area contributed by atoms with Crippen LogP contribution in [0.5, 0.6) is 5.75 Å². The van der Waals surface area contributed by atoms with Gasteiger partial charge in [0.25, 0.3) is 0 Å². The van der Waals surface area contributed by atoms with E-state index in [1.54, 1.807) is 6.07 Å². The van der Waals surface area contributed by atoms with Gasteiger partial charge in [-0.3, -0.25) is 0 Å². The quantitative estimate of drug-likeness (QED) is 0.759. The number of aromatic hydroxyl groups is 1. The molecule has 0 unspecified atom stereocenters. The maximum Gasteiger partial charge on any atom is 0.339 e. The topological polar surface area (TPSA) is 83.5 Å². The summed E-state index contributed by atoms with van der Waals surface area (Å²) in [6, 6.07) is 4.32. The van der Waals surface area contributed by atoms with Crippen LogP contribution >= 0.6 is 12.4 Å². The number of aromatic carboxylic acids is 1. The van der Waals surface area contributed by atoms with E-state index in [4.69, 9.17) is 10.8 Å². The Morgan fingerprint density at radius 3 is 2.65 bits per heavy atom. The van der Waals surface area contributed by atoms with Crippen molar-refractivity contribution in [2.75, 3.05) is 0 Å². The van der Waals surface area contributed by atoms with E-state index in [1.807, 2.05) is 0 Å². The first-order valence-corrected chi connectivity index (χ1v) is 5.38. The predicted molar refractivity (Wildman–Crippen MR) is 68.8 cm³/mol. The van der Waals surface area contributed by atoms with Gasteiger partial charge in [0, 0.05) is 6.04 Å². The molecule has 4 N–H and O–H groups in total. The van der Waals surface area contributed by atoms with Crippen molar-refractivity contribution in [2.24, 2.45) is 5.73 Å². The first kappa shape index (κ1) is 15.7. The van der Waals surface area contributed by atoms with Gasteiger partial charge in [-0.1, -0.05) is 25.8 Å². The molecular weight excluding hydrogens is 242 g/mol. The number of phenols is 1. The number of carboxylic acid groups (broad SMARTS) is 1. The Morgan fingerprint density at radius 2 is 2.12 bits per heavy atom. The van der Waals surface area contributed by atoms with Gasteiger partial charge in [0.1, 0.15) is 11.3 Å². The first-order valence-electron chi connectivity index (χ1n) is 5.38. The molecule has 96 valence electrons. The molecule has 0 radical (unpaired) electrons. The van der Waals surface area contributed by atoms with E-state index in [9.17, 15) is 9.90 Å². The largest absolute Gasteiger partial charge is 0.507 e. The summed E-state index contributed by atoms with van der Waals surface area (Å²) in [4.78, 5) is 10.8. The van der Waals surface area contributed by atoms with Crippen LogP contribution in [0.2, 0.25) is 0 Å². The van der Waals surface area contributed by atoms with Gasteiger partial charge in [0.15, 0.2) is 0 Å². The van der Waals surface area contributed by atoms with Crippen LogP contribution in [0.15, 0.2) is 18.2 Å². The van der Waals surface area contributed by atoms with E-state index in [-0.39, 0.29) is 29.8 Å². The second-order valence-corrected chi connectivity index (χ2v) is 3.83. The molecule has 0 amide bonds. The Hall–Kier alpha value is -1.26. The third-order valence-electron chi connectivity index (χ3n) is 2.55. The molecule has 1 aromatic carbocycles. The smallest absolute Gasteiger partial charge is 0.339 e. The summed E-state index contributed by atoms with van der Waals surface area (Å²) in [5.41, 5.74) is 6.59. The Labute approximate surface area is 107 Å². The molecule has 1 aromatic rings. The van der Waals surface area contributed by atoms with Crippen LogP contribution in [0.4, 0.5) is 0 Å². The molecule has 0 saturated carbocycles. The molecule has 0 aliphatic rings. The van der Waals surface area contributed by atoms with Crippen molar-refractivity contribution in [1.82, 2.24) is 0 Å². The number of halogens is 1. The lowest BCUT2D eigenvalue weighted by Crippen LogP contribution is -2.11. The van der Waals surface area contributed by atoms with Gasteiger partial charge >= 0.3 is 5.97 Å². The molecule has 17 heavy (non-hydrogen) atoms. The Bertz CT molecular complexity index is 382. The fourth-order valence-electron chi connectivity index (χ4n) is 1.55. The molecule has 0 spiro atoms. The zero-order chi connectivity index (χ0) is 12.1. The molecule has 0 fully saturated rings. The van der Waals surface area contributed by atoms with Crippen molar-refractivity contribution in [3.63, 3.8) is 0 Å². The normalized spacial score (nSPS) is 11.6. The van der Waals surface area contributed by atoms with Crippen LogP contribution in [0, 0.1) is 0 Å². The number of carboxylic acids is 1. The minimum Gasteiger partial charge on any atom is -0.507 e. The van der Waals surface area contributed by atoms with Crippen LogP contribution in [0.1, 0.15) is 48.1 Å². The van der Waals surface area contributed by atoms with Crippen molar-refractivity contribution < 1.29 is 15.0 Å². The summed E-state index contributed by atoms with van der Waals surface area (Å²) in [5, 5.41) is 18.2. The van der Waals surface area contributed by atoms with Crippen LogP contribution in [-0.2, 0) is 0 Å². The van der Waals surface area contributed by atoms with E-state index in [1.165, 1.54) is 12.1 Å². The molecule has 0 bridgehead atoms. The highest BCUT2D eigenvalue weighted by Crippen LogP contribution is 2.23. The number of carbonyl (C=O) groups is 1. The summed E-state index contributed by atoms with van der Waals surface area (Å²) in [6.07, 6.45) is 2.88. The number of hydrogen-bond acceptors (Lipinski definition) is 3. The predicted octanol–water partition coefficient (Wildman–Crippen LogP) is 2.70. The standard InChI is InChI=1S/C12H17NO3.ClH/c1-2-3-4-10(13)8-5-6-11(14)9(7-8)12(15)16;/h5-7,10,14H,2-4,13H2,1H3,(H,15,16);1H/t10-;/m1./s1. The highest BCUT2D eigenvalue weighted by molar-refractivity contribution is 5.90. The molecule has 0 saturated heterocycles. The summed E-state index contributed by atoms with van der Waals surface area (Å²) in [6.45, 7) is 2.08. The maximum absolute atomic E-state index is 10.8. The highest BCUT2D eigenvalue weighted by Gasteiger charge is 2.13. The second kappa shape index (κ2) is 7.14. The molecular formula is C12H18ClNO3. The van der Waals surface area contributed by atoms with E-state index >= 15 is 0 Å². The number of unbranched alkanes of at least 4 members (excludes halogenated alkanes) is 1. The lowest BCUT2D eigenvalue weighted by molar-refractivity contribution is 0.0693. The van der Waals surface area contributed by atoms with Crippen molar-refractivity contribution in [3.05, 3.63) is 29.3 Å². The van der Waals surface area contributed by atoms with Crippen LogP contribution in [0.3, 0.4) is 0 Å². The van der Waals surface area contributed by atoms with Crippen molar-refractivity contribution in [3.8, 4) is 5.75 Å². The zero-order valence-corrected chi connectivity index (χ0v) is 10.5. The Kier molecular flexibility index (Phi) is 6.61. The van der Waals surface area contributed by atoms with E-state index in [0.29, 0.717) is 0 Å². The van der Waals surface area contributed by atoms with Gasteiger partial charge in [-0.05, 0) is 24.1 Å². The fourth-order valence-corrected chi connectivity index (χ4v) is 1.55. The van der Waals surface area contributed by atoms with E-state index in [2.05, 4.69) is 6.92 Å². The molecule has 0 aliphatic heterocycles.